The fourth-order valence-corrected chi connectivity index (χ4v) is 2.35. The van der Waals surface area contributed by atoms with E-state index in [1.807, 2.05) is 0 Å². The lowest BCUT2D eigenvalue weighted by Gasteiger charge is -2.15. The average Bonchev–Trinajstić information content (AvgIpc) is 2.34. The fraction of sp³-hybridized carbons (Fsp3) is 0.455. The van der Waals surface area contributed by atoms with Gasteiger partial charge in [-0.3, -0.25) is 0 Å². The minimum absolute atomic E-state index is 0.193. The molecule has 0 spiro atoms. The van der Waals surface area contributed by atoms with E-state index in [0.717, 1.165) is 5.56 Å². The van der Waals surface area contributed by atoms with Gasteiger partial charge in [0, 0.05) is 6.54 Å². The van der Waals surface area contributed by atoms with Gasteiger partial charge in [0.05, 0.1) is 5.75 Å². The number of aryl methyl sites for hydroxylation is 1. The molecule has 1 aromatic carbocycles. The minimum atomic E-state index is -4.83. The molecule has 2 N–H and O–H groups in total. The summed E-state index contributed by atoms with van der Waals surface area (Å²) >= 11 is 0. The second kappa shape index (κ2) is 6.36. The summed E-state index contributed by atoms with van der Waals surface area (Å²) < 4.78 is 60.6. The van der Waals surface area contributed by atoms with Crippen molar-refractivity contribution in [2.45, 2.75) is 18.7 Å². The van der Waals surface area contributed by atoms with Crippen LogP contribution in [-0.2, 0) is 16.4 Å². The second-order valence-electron chi connectivity index (χ2n) is 3.96. The molecule has 108 valence electrons. The summed E-state index contributed by atoms with van der Waals surface area (Å²) in [6.45, 7) is -1.07. The van der Waals surface area contributed by atoms with Crippen LogP contribution < -0.4 is 4.72 Å². The minimum Gasteiger partial charge on any atom is -0.382 e. The molecule has 0 bridgehead atoms. The summed E-state index contributed by atoms with van der Waals surface area (Å²) in [5, 5.41) is 8.68. The third kappa shape index (κ3) is 6.04. The normalized spacial score (nSPS) is 14.3. The summed E-state index contributed by atoms with van der Waals surface area (Å²) in [5.74, 6) is -0.332. The molecular weight excluding hydrogens is 283 g/mol. The summed E-state index contributed by atoms with van der Waals surface area (Å²) in [5.41, 5.74) is 0.768. The Hall–Kier alpha value is -1.12. The summed E-state index contributed by atoms with van der Waals surface area (Å²) in [4.78, 5) is 0. The summed E-state index contributed by atoms with van der Waals surface area (Å²) in [6, 6.07) is 8.70. The van der Waals surface area contributed by atoms with Crippen LogP contribution in [0.5, 0.6) is 0 Å². The Morgan fingerprint density at radius 3 is 2.32 bits per heavy atom. The lowest BCUT2D eigenvalue weighted by atomic mass is 10.2. The summed E-state index contributed by atoms with van der Waals surface area (Å²) in [7, 11) is -3.85. The molecule has 8 heteroatoms. The molecule has 0 aromatic heterocycles. The Morgan fingerprint density at radius 1 is 1.21 bits per heavy atom. The van der Waals surface area contributed by atoms with Crippen LogP contribution in [0.2, 0.25) is 0 Å². The zero-order chi connectivity index (χ0) is 14.5. The van der Waals surface area contributed by atoms with Gasteiger partial charge >= 0.3 is 6.18 Å². The number of aliphatic hydroxyl groups is 1. The fourth-order valence-electron chi connectivity index (χ4n) is 1.29. The van der Waals surface area contributed by atoms with Crippen LogP contribution in [0.4, 0.5) is 13.2 Å². The van der Waals surface area contributed by atoms with Crippen molar-refractivity contribution in [2.24, 2.45) is 0 Å². The number of alkyl halides is 3. The smallest absolute Gasteiger partial charge is 0.382 e. The van der Waals surface area contributed by atoms with Crippen LogP contribution in [0.3, 0.4) is 0 Å². The van der Waals surface area contributed by atoms with Crippen molar-refractivity contribution in [2.75, 3.05) is 12.3 Å². The predicted octanol–water partition coefficient (Wildman–Crippen LogP) is 1.07. The van der Waals surface area contributed by atoms with Gasteiger partial charge in [0.1, 0.15) is 0 Å². The van der Waals surface area contributed by atoms with E-state index in [2.05, 4.69) is 0 Å². The number of halogens is 3. The van der Waals surface area contributed by atoms with Crippen molar-refractivity contribution in [3.05, 3.63) is 35.9 Å². The van der Waals surface area contributed by atoms with Crippen molar-refractivity contribution in [1.29, 1.82) is 0 Å². The molecule has 0 aliphatic carbocycles. The van der Waals surface area contributed by atoms with E-state index in [0.29, 0.717) is 0 Å². The highest BCUT2D eigenvalue weighted by Crippen LogP contribution is 2.19. The maximum atomic E-state index is 12.0. The van der Waals surface area contributed by atoms with Crippen LogP contribution >= 0.6 is 0 Å². The number of hydrogen-bond donors (Lipinski definition) is 2. The third-order valence-corrected chi connectivity index (χ3v) is 3.72. The van der Waals surface area contributed by atoms with Gasteiger partial charge in [-0.1, -0.05) is 30.3 Å². The Labute approximate surface area is 109 Å². The SMILES string of the molecule is O=S(=O)(CCc1ccccc1)NCC(O)C(F)(F)F. The zero-order valence-electron chi connectivity index (χ0n) is 9.89. The number of nitrogens with one attached hydrogen (secondary N) is 1. The molecule has 0 fully saturated rings. The number of hydrogen-bond acceptors (Lipinski definition) is 3. The molecule has 0 aliphatic rings. The van der Waals surface area contributed by atoms with Crippen LogP contribution in [0.1, 0.15) is 5.56 Å². The third-order valence-electron chi connectivity index (χ3n) is 2.38. The Morgan fingerprint density at radius 2 is 1.79 bits per heavy atom. The monoisotopic (exact) mass is 297 g/mol. The Kier molecular flexibility index (Phi) is 5.33. The van der Waals surface area contributed by atoms with Crippen LogP contribution in [-0.4, -0.2) is 38.1 Å². The predicted molar refractivity (Wildman–Crippen MR) is 64.0 cm³/mol. The van der Waals surface area contributed by atoms with E-state index in [9.17, 15) is 21.6 Å². The van der Waals surface area contributed by atoms with E-state index >= 15 is 0 Å². The van der Waals surface area contributed by atoms with Gasteiger partial charge in [-0.05, 0) is 12.0 Å². The van der Waals surface area contributed by atoms with Gasteiger partial charge < -0.3 is 5.11 Å². The van der Waals surface area contributed by atoms with Crippen molar-refractivity contribution in [3.63, 3.8) is 0 Å². The van der Waals surface area contributed by atoms with Crippen molar-refractivity contribution >= 4 is 10.0 Å². The topological polar surface area (TPSA) is 66.4 Å². The van der Waals surface area contributed by atoms with Crippen LogP contribution in [0, 0.1) is 0 Å². The van der Waals surface area contributed by atoms with Gasteiger partial charge in [-0.25, -0.2) is 13.1 Å². The molecule has 1 unspecified atom stereocenters. The summed E-state index contributed by atoms with van der Waals surface area (Å²) in [6.07, 6.45) is -7.33. The molecule has 0 heterocycles. The molecular formula is C11H14F3NO3S. The molecule has 1 aromatic rings. The molecule has 0 aliphatic heterocycles. The highest BCUT2D eigenvalue weighted by Gasteiger charge is 2.38. The van der Waals surface area contributed by atoms with Gasteiger partial charge in [0.2, 0.25) is 10.0 Å². The van der Waals surface area contributed by atoms with Gasteiger partial charge in [-0.15, -0.1) is 0 Å². The maximum absolute atomic E-state index is 12.0. The Bertz CT molecular complexity index is 488. The zero-order valence-corrected chi connectivity index (χ0v) is 10.7. The molecule has 0 radical (unpaired) electrons. The van der Waals surface area contributed by atoms with Crippen LogP contribution in [0.25, 0.3) is 0 Å². The number of rotatable bonds is 6. The quantitative estimate of drug-likeness (QED) is 0.825. The first-order valence-electron chi connectivity index (χ1n) is 5.47. The first kappa shape index (κ1) is 15.9. The average molecular weight is 297 g/mol. The van der Waals surface area contributed by atoms with Crippen molar-refractivity contribution in [3.8, 4) is 0 Å². The largest absolute Gasteiger partial charge is 0.415 e. The van der Waals surface area contributed by atoms with Crippen LogP contribution in [0.15, 0.2) is 30.3 Å². The van der Waals surface area contributed by atoms with Gasteiger partial charge in [0.25, 0.3) is 0 Å². The van der Waals surface area contributed by atoms with E-state index in [-0.39, 0.29) is 12.2 Å². The number of benzene rings is 1. The lowest BCUT2D eigenvalue weighted by Crippen LogP contribution is -2.41. The first-order chi connectivity index (χ1) is 8.71. The van der Waals surface area contributed by atoms with Crippen molar-refractivity contribution in [1.82, 2.24) is 4.72 Å². The van der Waals surface area contributed by atoms with Gasteiger partial charge in [-0.2, -0.15) is 13.2 Å². The molecule has 1 atom stereocenters. The van der Waals surface area contributed by atoms with E-state index in [1.165, 1.54) is 0 Å². The van der Waals surface area contributed by atoms with E-state index in [1.54, 1.807) is 35.1 Å². The molecule has 0 saturated heterocycles. The number of aliphatic hydroxyl groups excluding tert-OH is 1. The highest BCUT2D eigenvalue weighted by molar-refractivity contribution is 7.89. The van der Waals surface area contributed by atoms with E-state index in [4.69, 9.17) is 5.11 Å². The highest BCUT2D eigenvalue weighted by atomic mass is 32.2. The standard InChI is InChI=1S/C11H14F3NO3S/c12-11(13,14)10(16)8-15-19(17,18)7-6-9-4-2-1-3-5-9/h1-5,10,15-16H,6-8H2. The van der Waals surface area contributed by atoms with Crippen molar-refractivity contribution < 1.29 is 26.7 Å². The van der Waals surface area contributed by atoms with Gasteiger partial charge in [0.15, 0.2) is 6.10 Å². The molecule has 1 rings (SSSR count). The molecule has 4 nitrogen and oxygen atoms in total. The molecule has 0 saturated carbocycles. The first-order valence-corrected chi connectivity index (χ1v) is 7.12. The number of sulfonamides is 1. The molecule has 19 heavy (non-hydrogen) atoms. The molecule has 0 amide bonds. The van der Waals surface area contributed by atoms with E-state index < -0.39 is 28.8 Å². The maximum Gasteiger partial charge on any atom is 0.415 e. The lowest BCUT2D eigenvalue weighted by molar-refractivity contribution is -0.200. The Balaban J connectivity index is 2.45. The second-order valence-corrected chi connectivity index (χ2v) is 5.89.